The molecule has 0 spiro atoms. The van der Waals surface area contributed by atoms with Crippen LogP contribution in [0.2, 0.25) is 5.15 Å². The average Bonchev–Trinajstić information content (AvgIpc) is 3.41. The van der Waals surface area contributed by atoms with Crippen molar-refractivity contribution in [3.05, 3.63) is 70.1 Å². The van der Waals surface area contributed by atoms with Crippen molar-refractivity contribution in [1.82, 2.24) is 4.98 Å². The number of furan rings is 1. The topological polar surface area (TPSA) is 102 Å². The first kappa shape index (κ1) is 22.1. The Morgan fingerprint density at radius 3 is 2.91 bits per heavy atom. The number of methoxy groups -OCH3 is 1. The molecule has 32 heavy (non-hydrogen) atoms. The molecule has 9 heteroatoms. The molecule has 166 valence electrons. The average molecular weight is 471 g/mol. The zero-order valence-corrected chi connectivity index (χ0v) is 19.2. The molecule has 1 amide bonds. The fraction of sp³-hybridized carbons (Fsp3) is 0.217. The van der Waals surface area contributed by atoms with Crippen molar-refractivity contribution in [2.24, 2.45) is 5.73 Å². The van der Waals surface area contributed by atoms with Crippen molar-refractivity contribution >= 4 is 50.4 Å². The molecule has 1 atom stereocenters. The molecule has 0 saturated carbocycles. The number of aryl methyl sites for hydroxylation is 1. The van der Waals surface area contributed by atoms with Crippen LogP contribution in [-0.2, 0) is 17.8 Å². The van der Waals surface area contributed by atoms with Gasteiger partial charge in [0.1, 0.15) is 16.7 Å². The maximum atomic E-state index is 12.7. The number of nitrogens with two attached hydrogens (primary N) is 1. The van der Waals surface area contributed by atoms with Gasteiger partial charge in [0.05, 0.1) is 41.9 Å². The number of hydrogen-bond donors (Lipinski definition) is 3. The lowest BCUT2D eigenvalue weighted by molar-refractivity contribution is -0.117. The number of nitrogens with one attached hydrogen (secondary N) is 2. The van der Waals surface area contributed by atoms with Crippen LogP contribution in [0.15, 0.2) is 53.1 Å². The van der Waals surface area contributed by atoms with Gasteiger partial charge in [0.25, 0.3) is 0 Å². The predicted molar refractivity (Wildman–Crippen MR) is 129 cm³/mol. The van der Waals surface area contributed by atoms with Crippen molar-refractivity contribution in [2.45, 2.75) is 25.9 Å². The Bertz CT molecular complexity index is 1240. The lowest BCUT2D eigenvalue weighted by atomic mass is 10.1. The zero-order valence-electron chi connectivity index (χ0n) is 17.6. The number of carbonyl (C=O) groups excluding carboxylic acids is 1. The SMILES string of the molecule is COc1cccc(NC(=O)[C@H](N)Cc2sc3c(NCc4ccco4)cc(Cl)nc3c2C)c1. The van der Waals surface area contributed by atoms with Crippen molar-refractivity contribution in [1.29, 1.82) is 0 Å². The number of thiophene rings is 1. The molecule has 1 aromatic carbocycles. The molecule has 3 aromatic heterocycles. The smallest absolute Gasteiger partial charge is 0.241 e. The molecule has 0 radical (unpaired) electrons. The second-order valence-corrected chi connectivity index (χ2v) is 8.78. The second kappa shape index (κ2) is 9.60. The summed E-state index contributed by atoms with van der Waals surface area (Å²) >= 11 is 7.83. The molecule has 0 aliphatic carbocycles. The van der Waals surface area contributed by atoms with Crippen molar-refractivity contribution in [3.8, 4) is 5.75 Å². The van der Waals surface area contributed by atoms with Gasteiger partial charge in [-0.05, 0) is 36.8 Å². The van der Waals surface area contributed by atoms with E-state index < -0.39 is 6.04 Å². The van der Waals surface area contributed by atoms with E-state index in [0.29, 0.717) is 29.6 Å². The van der Waals surface area contributed by atoms with E-state index in [1.54, 1.807) is 42.9 Å². The third kappa shape index (κ3) is 4.88. The largest absolute Gasteiger partial charge is 0.497 e. The quantitative estimate of drug-likeness (QED) is 0.314. The van der Waals surface area contributed by atoms with Crippen LogP contribution in [0.5, 0.6) is 5.75 Å². The molecule has 4 rings (SSSR count). The maximum Gasteiger partial charge on any atom is 0.241 e. The first-order chi connectivity index (χ1) is 15.4. The lowest BCUT2D eigenvalue weighted by Gasteiger charge is -2.12. The molecule has 0 bridgehead atoms. The van der Waals surface area contributed by atoms with E-state index in [1.165, 1.54) is 0 Å². The van der Waals surface area contributed by atoms with Gasteiger partial charge in [-0.3, -0.25) is 4.79 Å². The summed E-state index contributed by atoms with van der Waals surface area (Å²) in [6.07, 6.45) is 2.02. The van der Waals surface area contributed by atoms with Gasteiger partial charge in [-0.25, -0.2) is 4.98 Å². The molecule has 3 heterocycles. The summed E-state index contributed by atoms with van der Waals surface area (Å²) in [6.45, 7) is 2.50. The number of pyridine rings is 1. The number of nitrogens with zero attached hydrogens (tertiary/aromatic N) is 1. The summed E-state index contributed by atoms with van der Waals surface area (Å²) in [5.41, 5.74) is 9.51. The van der Waals surface area contributed by atoms with E-state index in [1.807, 2.05) is 31.2 Å². The minimum Gasteiger partial charge on any atom is -0.497 e. The van der Waals surface area contributed by atoms with Gasteiger partial charge in [0, 0.05) is 29.1 Å². The molecule has 4 aromatic rings. The summed E-state index contributed by atoms with van der Waals surface area (Å²) in [7, 11) is 1.58. The highest BCUT2D eigenvalue weighted by atomic mass is 35.5. The lowest BCUT2D eigenvalue weighted by Crippen LogP contribution is -2.37. The highest BCUT2D eigenvalue weighted by molar-refractivity contribution is 7.19. The van der Waals surface area contributed by atoms with Crippen LogP contribution in [0, 0.1) is 6.92 Å². The molecular weight excluding hydrogens is 448 g/mol. The normalized spacial score (nSPS) is 12.0. The first-order valence-electron chi connectivity index (χ1n) is 10.00. The monoisotopic (exact) mass is 470 g/mol. The van der Waals surface area contributed by atoms with Crippen LogP contribution in [0.3, 0.4) is 0 Å². The molecule has 0 aliphatic rings. The van der Waals surface area contributed by atoms with Crippen LogP contribution in [0.4, 0.5) is 11.4 Å². The van der Waals surface area contributed by atoms with Gasteiger partial charge < -0.3 is 25.5 Å². The van der Waals surface area contributed by atoms with E-state index in [0.717, 1.165) is 32.1 Å². The van der Waals surface area contributed by atoms with E-state index >= 15 is 0 Å². The summed E-state index contributed by atoms with van der Waals surface area (Å²) in [4.78, 5) is 18.2. The number of hydrogen-bond acceptors (Lipinski definition) is 7. The first-order valence-corrected chi connectivity index (χ1v) is 11.2. The Hall–Kier alpha value is -3.07. The number of aromatic nitrogens is 1. The van der Waals surface area contributed by atoms with E-state index in [2.05, 4.69) is 15.6 Å². The number of fused-ring (bicyclic) bond motifs is 1. The summed E-state index contributed by atoms with van der Waals surface area (Å²) in [5, 5.41) is 6.60. The summed E-state index contributed by atoms with van der Waals surface area (Å²) in [6, 6.07) is 12.0. The van der Waals surface area contributed by atoms with E-state index in [-0.39, 0.29) is 5.91 Å². The van der Waals surface area contributed by atoms with Gasteiger partial charge in [-0.15, -0.1) is 11.3 Å². The van der Waals surface area contributed by atoms with Crippen LogP contribution >= 0.6 is 22.9 Å². The Morgan fingerprint density at radius 1 is 1.31 bits per heavy atom. The van der Waals surface area contributed by atoms with Gasteiger partial charge in [0.2, 0.25) is 5.91 Å². The number of rotatable bonds is 8. The summed E-state index contributed by atoms with van der Waals surface area (Å²) in [5.74, 6) is 1.21. The number of ether oxygens (including phenoxy) is 1. The number of halogens is 1. The molecule has 7 nitrogen and oxygen atoms in total. The minimum absolute atomic E-state index is 0.266. The van der Waals surface area contributed by atoms with Crippen molar-refractivity contribution < 1.29 is 13.9 Å². The Balaban J connectivity index is 1.52. The Labute approximate surface area is 194 Å². The molecule has 4 N–H and O–H groups in total. The van der Waals surface area contributed by atoms with Gasteiger partial charge in [-0.2, -0.15) is 0 Å². The molecule has 0 saturated heterocycles. The molecule has 0 unspecified atom stereocenters. The van der Waals surface area contributed by atoms with Crippen molar-refractivity contribution in [2.75, 3.05) is 17.7 Å². The Kier molecular flexibility index (Phi) is 6.64. The van der Waals surface area contributed by atoms with E-state index in [4.69, 9.17) is 26.5 Å². The Morgan fingerprint density at radius 2 is 2.16 bits per heavy atom. The standard InChI is InChI=1S/C23H23ClN4O3S/c1-13-19(10-17(25)23(29)27-14-5-3-6-15(9-14)30-2)32-22-18(11-20(24)28-21(13)22)26-12-16-7-4-8-31-16/h3-9,11,17H,10,12,25H2,1-2H3,(H,26,28)(H,27,29)/t17-/m1/s1. The second-order valence-electron chi connectivity index (χ2n) is 7.29. The fourth-order valence-corrected chi connectivity index (χ4v) is 4.83. The summed E-state index contributed by atoms with van der Waals surface area (Å²) < 4.78 is 11.6. The highest BCUT2D eigenvalue weighted by Crippen LogP contribution is 2.37. The van der Waals surface area contributed by atoms with Crippen LogP contribution < -0.4 is 21.1 Å². The fourth-order valence-electron chi connectivity index (χ4n) is 3.34. The van der Waals surface area contributed by atoms with Gasteiger partial charge in [-0.1, -0.05) is 17.7 Å². The zero-order chi connectivity index (χ0) is 22.7. The molecular formula is C23H23ClN4O3S. The van der Waals surface area contributed by atoms with Gasteiger partial charge in [0.15, 0.2) is 0 Å². The van der Waals surface area contributed by atoms with E-state index in [9.17, 15) is 4.79 Å². The third-order valence-corrected chi connectivity index (χ3v) is 6.58. The molecule has 0 aliphatic heterocycles. The van der Waals surface area contributed by atoms with Crippen LogP contribution in [-0.4, -0.2) is 24.0 Å². The van der Waals surface area contributed by atoms with Crippen LogP contribution in [0.1, 0.15) is 16.2 Å². The predicted octanol–water partition coefficient (Wildman–Crippen LogP) is 4.98. The number of benzene rings is 1. The number of amides is 1. The third-order valence-electron chi connectivity index (χ3n) is 5.05. The minimum atomic E-state index is -0.719. The maximum absolute atomic E-state index is 12.7. The van der Waals surface area contributed by atoms with Crippen LogP contribution in [0.25, 0.3) is 10.2 Å². The highest BCUT2D eigenvalue weighted by Gasteiger charge is 2.20. The number of carbonyl (C=O) groups is 1. The molecule has 0 fully saturated rings. The van der Waals surface area contributed by atoms with Gasteiger partial charge >= 0.3 is 0 Å². The number of anilines is 2. The van der Waals surface area contributed by atoms with Crippen molar-refractivity contribution in [3.63, 3.8) is 0 Å².